The van der Waals surface area contributed by atoms with Crippen LogP contribution in [0.2, 0.25) is 0 Å². The molecule has 2 amide bonds. The van der Waals surface area contributed by atoms with Crippen LogP contribution in [-0.2, 0) is 20.9 Å². The minimum Gasteiger partial charge on any atom is -0.401 e. The molecule has 22 heavy (non-hydrogen) atoms. The molecule has 120 valence electrons. The van der Waals surface area contributed by atoms with Crippen LogP contribution in [0.5, 0.6) is 5.75 Å². The maximum atomic E-state index is 15.3. The molecule has 0 radical (unpaired) electrons. The molecule has 0 saturated carbocycles. The van der Waals surface area contributed by atoms with Gasteiger partial charge in [0.15, 0.2) is 5.75 Å². The summed E-state index contributed by atoms with van der Waals surface area (Å²) in [5, 5.41) is 3.20. The largest absolute Gasteiger partial charge is 0.401 e. The number of carbonyl (C=O) groups is 2. The van der Waals surface area contributed by atoms with Crippen LogP contribution in [0, 0.1) is 0 Å². The van der Waals surface area contributed by atoms with Gasteiger partial charge in [-0.2, -0.15) is 0 Å². The lowest BCUT2D eigenvalue weighted by Crippen LogP contribution is -2.61. The van der Waals surface area contributed by atoms with E-state index in [9.17, 15) is 9.59 Å². The Balaban J connectivity index is 1.80. The predicted octanol–water partition coefficient (Wildman–Crippen LogP) is 0.901. The first-order chi connectivity index (χ1) is 10.5. The first-order valence-electron chi connectivity index (χ1n) is 6.81. The molecule has 0 aromatic carbocycles. The van der Waals surface area contributed by atoms with Gasteiger partial charge in [-0.3, -0.25) is 14.5 Å². The number of piperidine rings is 1. The van der Waals surface area contributed by atoms with Crippen LogP contribution in [0.25, 0.3) is 0 Å². The highest BCUT2D eigenvalue weighted by atomic mass is 32.1. The third-order valence-electron chi connectivity index (χ3n) is 3.86. The number of amides is 2. The Morgan fingerprint density at radius 1 is 1.55 bits per heavy atom. The number of fused-ring (bicyclic) bond motifs is 1. The summed E-state index contributed by atoms with van der Waals surface area (Å²) in [6.07, 6.45) is -0.296. The predicted molar refractivity (Wildman–Crippen MR) is 76.6 cm³/mol. The van der Waals surface area contributed by atoms with Crippen LogP contribution in [0.4, 0.5) is 9.39 Å². The minimum atomic E-state index is -2.37. The maximum absolute atomic E-state index is 15.3. The van der Waals surface area contributed by atoms with Crippen LogP contribution in [-0.4, -0.2) is 47.8 Å². The number of ether oxygens (including phenoxy) is 1. The van der Waals surface area contributed by atoms with E-state index in [1.54, 1.807) is 5.38 Å². The van der Waals surface area contributed by atoms with Crippen molar-refractivity contribution >= 4 is 28.2 Å². The van der Waals surface area contributed by atoms with Gasteiger partial charge in [-0.1, -0.05) is 5.06 Å². The fraction of sp³-hybridized carbons (Fsp3) is 0.538. The van der Waals surface area contributed by atoms with Gasteiger partial charge in [0, 0.05) is 30.9 Å². The highest BCUT2D eigenvalue weighted by Crippen LogP contribution is 2.43. The van der Waals surface area contributed by atoms with E-state index in [4.69, 9.17) is 15.3 Å². The second kappa shape index (κ2) is 5.49. The van der Waals surface area contributed by atoms with Gasteiger partial charge in [0.2, 0.25) is 5.91 Å². The van der Waals surface area contributed by atoms with Crippen LogP contribution in [0.3, 0.4) is 0 Å². The number of hydroxylamine groups is 2. The van der Waals surface area contributed by atoms with Crippen LogP contribution >= 0.6 is 11.3 Å². The number of thiophene rings is 1. The van der Waals surface area contributed by atoms with E-state index in [2.05, 4.69) is 0 Å². The summed E-state index contributed by atoms with van der Waals surface area (Å²) >= 11 is 1.30. The van der Waals surface area contributed by atoms with E-state index < -0.39 is 17.6 Å². The molecular formula is C13H16FN3O4S. The van der Waals surface area contributed by atoms with Crippen molar-refractivity contribution in [3.05, 3.63) is 10.9 Å². The van der Waals surface area contributed by atoms with Crippen molar-refractivity contribution in [2.24, 2.45) is 0 Å². The number of hydrogen-bond donors (Lipinski definition) is 1. The van der Waals surface area contributed by atoms with Crippen molar-refractivity contribution < 1.29 is 23.6 Å². The summed E-state index contributed by atoms with van der Waals surface area (Å²) in [7, 11) is 1.45. The topological polar surface area (TPSA) is 85.1 Å². The Bertz CT molecular complexity index is 622. The van der Waals surface area contributed by atoms with Gasteiger partial charge in [0.1, 0.15) is 0 Å². The molecule has 2 aliphatic heterocycles. The Kier molecular flexibility index (Phi) is 3.79. The minimum absolute atomic E-state index is 0.0249. The lowest BCUT2D eigenvalue weighted by atomic mass is 10.0. The molecule has 3 heterocycles. The number of imide groups is 1. The molecule has 1 atom stereocenters. The molecule has 1 aromatic heterocycles. The summed E-state index contributed by atoms with van der Waals surface area (Å²) < 4.78 is 20.1. The number of halogens is 1. The second-order valence-electron chi connectivity index (χ2n) is 5.17. The summed E-state index contributed by atoms with van der Waals surface area (Å²) in [6.45, 7) is 0.268. The highest BCUT2D eigenvalue weighted by Gasteiger charge is 2.55. The number of anilines is 1. The van der Waals surface area contributed by atoms with Crippen LogP contribution < -0.4 is 10.6 Å². The number of methoxy groups -OCH3 is 1. The molecule has 2 aliphatic rings. The summed E-state index contributed by atoms with van der Waals surface area (Å²) in [4.78, 5) is 30.6. The monoisotopic (exact) mass is 329 g/mol. The van der Waals surface area contributed by atoms with Crippen molar-refractivity contribution in [3.8, 4) is 5.75 Å². The first kappa shape index (κ1) is 15.2. The van der Waals surface area contributed by atoms with Gasteiger partial charge in [0.25, 0.3) is 11.7 Å². The van der Waals surface area contributed by atoms with Crippen LogP contribution in [0.1, 0.15) is 18.4 Å². The molecule has 7 nitrogen and oxygen atoms in total. The third-order valence-corrected chi connectivity index (χ3v) is 4.69. The Hall–Kier alpha value is -1.71. The third kappa shape index (κ3) is 2.25. The maximum Gasteiger partial charge on any atom is 0.285 e. The van der Waals surface area contributed by atoms with E-state index >= 15 is 4.39 Å². The molecular weight excluding hydrogens is 313 g/mol. The lowest BCUT2D eigenvalue weighted by Gasteiger charge is -2.38. The standard InChI is InChI=1S/C13H16FN3O4S/c1-20-5-4-16-10(18)2-3-13(14,12(16)19)17-6-8-9(21-17)7-22-11(8)15/h7H,2-6,15H2,1H3. The number of nitrogens with two attached hydrogens (primary N) is 1. The number of likely N-dealkylation sites (tertiary alicyclic amines) is 1. The summed E-state index contributed by atoms with van der Waals surface area (Å²) in [5.41, 5.74) is 6.48. The SMILES string of the molecule is COCCN1C(=O)CCC(F)(N2Cc3c(csc3N)O2)C1=O. The Labute approximate surface area is 130 Å². The van der Waals surface area contributed by atoms with Gasteiger partial charge < -0.3 is 15.3 Å². The van der Waals surface area contributed by atoms with Gasteiger partial charge in [0.05, 0.1) is 24.7 Å². The number of carbonyl (C=O) groups excluding carboxylic acids is 2. The Morgan fingerprint density at radius 2 is 2.32 bits per heavy atom. The fourth-order valence-corrected chi connectivity index (χ4v) is 3.31. The smallest absolute Gasteiger partial charge is 0.285 e. The van der Waals surface area contributed by atoms with E-state index in [1.165, 1.54) is 18.4 Å². The van der Waals surface area contributed by atoms with Gasteiger partial charge in [-0.25, -0.2) is 4.39 Å². The molecule has 1 saturated heterocycles. The van der Waals surface area contributed by atoms with Crippen molar-refractivity contribution in [1.82, 2.24) is 9.96 Å². The van der Waals surface area contributed by atoms with Crippen molar-refractivity contribution in [3.63, 3.8) is 0 Å². The molecule has 0 aliphatic carbocycles. The quantitative estimate of drug-likeness (QED) is 0.653. The molecule has 0 bridgehead atoms. The van der Waals surface area contributed by atoms with Crippen molar-refractivity contribution in [1.29, 1.82) is 0 Å². The normalized spacial score (nSPS) is 25.5. The average Bonchev–Trinajstić information content (AvgIpc) is 3.06. The fourth-order valence-electron chi connectivity index (χ4n) is 2.58. The van der Waals surface area contributed by atoms with Crippen LogP contribution in [0.15, 0.2) is 5.38 Å². The number of rotatable bonds is 4. The first-order valence-corrected chi connectivity index (χ1v) is 7.69. The van der Waals surface area contributed by atoms with E-state index in [0.717, 1.165) is 9.96 Å². The molecule has 3 rings (SSSR count). The van der Waals surface area contributed by atoms with Crippen molar-refractivity contribution in [2.45, 2.75) is 25.2 Å². The van der Waals surface area contributed by atoms with Gasteiger partial charge in [-0.15, -0.1) is 11.3 Å². The molecule has 0 spiro atoms. The summed E-state index contributed by atoms with van der Waals surface area (Å²) in [5.74, 6) is -3.21. The number of nitrogen functional groups attached to an aromatic ring is 1. The zero-order valence-corrected chi connectivity index (χ0v) is 12.8. The number of hydrogen-bond acceptors (Lipinski definition) is 7. The lowest BCUT2D eigenvalue weighted by molar-refractivity contribution is -0.218. The van der Waals surface area contributed by atoms with E-state index in [0.29, 0.717) is 16.3 Å². The zero-order valence-electron chi connectivity index (χ0n) is 12.0. The van der Waals surface area contributed by atoms with Gasteiger partial charge in [-0.05, 0) is 0 Å². The molecule has 1 unspecified atom stereocenters. The second-order valence-corrected chi connectivity index (χ2v) is 6.08. The zero-order chi connectivity index (χ0) is 15.9. The van der Waals surface area contributed by atoms with Crippen molar-refractivity contribution in [2.75, 3.05) is 26.0 Å². The number of alkyl halides is 1. The molecule has 1 aromatic rings. The number of nitrogens with zero attached hydrogens (tertiary/aromatic N) is 2. The highest BCUT2D eigenvalue weighted by molar-refractivity contribution is 7.14. The Morgan fingerprint density at radius 3 is 3.00 bits per heavy atom. The van der Waals surface area contributed by atoms with Gasteiger partial charge >= 0.3 is 0 Å². The summed E-state index contributed by atoms with van der Waals surface area (Å²) in [6, 6.07) is 0. The average molecular weight is 329 g/mol. The van der Waals surface area contributed by atoms with E-state index in [-0.39, 0.29) is 32.5 Å². The molecule has 2 N–H and O–H groups in total. The van der Waals surface area contributed by atoms with E-state index in [1.807, 2.05) is 0 Å². The molecule has 9 heteroatoms. The molecule has 1 fully saturated rings.